The average molecular weight is 454 g/mol. The first kappa shape index (κ1) is 23.4. The van der Waals surface area contributed by atoms with Crippen molar-refractivity contribution in [2.45, 2.75) is 59.5 Å². The van der Waals surface area contributed by atoms with Gasteiger partial charge in [0.05, 0.1) is 10.9 Å². The number of hydrogen-bond acceptors (Lipinski definition) is 1. The van der Waals surface area contributed by atoms with Crippen LogP contribution in [0.25, 0.3) is 22.0 Å². The van der Waals surface area contributed by atoms with Crippen LogP contribution in [-0.4, -0.2) is 13.1 Å². The monoisotopic (exact) mass is 453 g/mol. The molecule has 33 heavy (non-hydrogen) atoms. The third kappa shape index (κ3) is 4.27. The van der Waals surface area contributed by atoms with Crippen LogP contribution in [0.3, 0.4) is 0 Å². The van der Waals surface area contributed by atoms with Crippen LogP contribution < -0.4 is 15.1 Å². The van der Waals surface area contributed by atoms with Crippen molar-refractivity contribution in [3.05, 3.63) is 83.7 Å². The highest BCUT2D eigenvalue weighted by molar-refractivity contribution is 7.00. The van der Waals surface area contributed by atoms with Crippen LogP contribution in [0.1, 0.15) is 56.2 Å². The molecule has 0 aliphatic carbocycles. The predicted octanol–water partition coefficient (Wildman–Crippen LogP) is 6.10. The summed E-state index contributed by atoms with van der Waals surface area (Å²) in [7, 11) is 0.313. The Morgan fingerprint density at radius 1 is 0.879 bits per heavy atom. The van der Waals surface area contributed by atoms with Crippen LogP contribution in [0.5, 0.6) is 0 Å². The molecule has 3 heteroatoms. The molecule has 2 nitrogen and oxygen atoms in total. The first-order valence-corrected chi connectivity index (χ1v) is 15.1. The molecule has 0 bridgehead atoms. The Hall–Kier alpha value is -2.78. The third-order valence-corrected chi connectivity index (χ3v) is 10.5. The topological polar surface area (TPSA) is 16.8 Å². The molecule has 0 radical (unpaired) electrons. The fraction of sp³-hybridized carbons (Fsp3) is 0.333. The van der Waals surface area contributed by atoms with Gasteiger partial charge in [-0.15, -0.1) is 0 Å². The molecule has 0 spiro atoms. The van der Waals surface area contributed by atoms with E-state index in [0.717, 1.165) is 0 Å². The Morgan fingerprint density at radius 2 is 1.64 bits per heavy atom. The van der Waals surface area contributed by atoms with Gasteiger partial charge in [0.25, 0.3) is 0 Å². The van der Waals surface area contributed by atoms with Gasteiger partial charge in [0.1, 0.15) is 15.1 Å². The Balaban J connectivity index is 1.95. The lowest BCUT2D eigenvalue weighted by molar-refractivity contribution is -0.659. The molecule has 0 unspecified atom stereocenters. The van der Waals surface area contributed by atoms with Gasteiger partial charge in [-0.05, 0) is 65.1 Å². The molecule has 2 aromatic heterocycles. The molecule has 0 N–H and O–H groups in total. The van der Waals surface area contributed by atoms with E-state index in [4.69, 9.17) is 4.98 Å². The highest BCUT2D eigenvalue weighted by Gasteiger charge is 2.29. The van der Waals surface area contributed by atoms with E-state index in [1.807, 2.05) is 12.3 Å². The summed E-state index contributed by atoms with van der Waals surface area (Å²) in [5, 5.41) is 5.27. The molecular formula is C30H37N2Si+. The van der Waals surface area contributed by atoms with Crippen molar-refractivity contribution < 1.29 is 4.57 Å². The number of hydrogen-bond donors (Lipinski definition) is 0. The number of pyridine rings is 2. The summed E-state index contributed by atoms with van der Waals surface area (Å²) in [5.41, 5.74) is 6.92. The number of nitrogens with zero attached hydrogens (tertiary/aromatic N) is 2. The molecule has 0 aliphatic rings. The van der Waals surface area contributed by atoms with Gasteiger partial charge in [-0.1, -0.05) is 70.2 Å². The maximum atomic E-state index is 4.71. The van der Waals surface area contributed by atoms with Gasteiger partial charge in [0.2, 0.25) is 5.69 Å². The summed E-state index contributed by atoms with van der Waals surface area (Å²) in [6.45, 7) is 16.3. The molecule has 0 aliphatic heterocycles. The second kappa shape index (κ2) is 8.87. The van der Waals surface area contributed by atoms with Gasteiger partial charge in [0.15, 0.2) is 6.20 Å². The van der Waals surface area contributed by atoms with E-state index in [1.165, 1.54) is 49.2 Å². The number of rotatable bonds is 5. The Kier molecular flexibility index (Phi) is 6.28. The number of benzene rings is 2. The second-order valence-corrected chi connectivity index (χ2v) is 14.8. The minimum Gasteiger partial charge on any atom is -0.266 e. The highest BCUT2D eigenvalue weighted by Crippen LogP contribution is 2.35. The van der Waals surface area contributed by atoms with E-state index >= 15 is 0 Å². The zero-order valence-corrected chi connectivity index (χ0v) is 22.4. The van der Waals surface area contributed by atoms with Gasteiger partial charge in [-0.2, -0.15) is 0 Å². The smallest absolute Gasteiger partial charge is 0.220 e. The van der Waals surface area contributed by atoms with Gasteiger partial charge in [0, 0.05) is 17.6 Å². The van der Waals surface area contributed by atoms with Gasteiger partial charge in [-0.3, -0.25) is 4.98 Å². The Bertz CT molecular complexity index is 1300. The van der Waals surface area contributed by atoms with Crippen molar-refractivity contribution in [2.24, 2.45) is 7.05 Å². The molecule has 4 rings (SSSR count). The molecule has 170 valence electrons. The quantitative estimate of drug-likeness (QED) is 0.263. The summed E-state index contributed by atoms with van der Waals surface area (Å²) in [6.07, 6.45) is 4.13. The summed E-state index contributed by atoms with van der Waals surface area (Å²) in [4.78, 5) is 4.71. The summed E-state index contributed by atoms with van der Waals surface area (Å²) in [5.74, 6) is 0.999. The first-order chi connectivity index (χ1) is 15.6. The average Bonchev–Trinajstić information content (AvgIpc) is 2.79. The summed E-state index contributed by atoms with van der Waals surface area (Å²) >= 11 is 0. The van der Waals surface area contributed by atoms with Gasteiger partial charge in [-0.25, -0.2) is 4.57 Å². The largest absolute Gasteiger partial charge is 0.266 e. The molecular weight excluding hydrogens is 416 g/mol. The van der Waals surface area contributed by atoms with Crippen LogP contribution in [0.2, 0.25) is 13.1 Å². The zero-order valence-electron chi connectivity index (χ0n) is 21.4. The zero-order chi connectivity index (χ0) is 23.9. The van der Waals surface area contributed by atoms with Crippen molar-refractivity contribution in [1.29, 1.82) is 0 Å². The normalized spacial score (nSPS) is 12.2. The molecule has 2 heterocycles. The predicted molar refractivity (Wildman–Crippen MR) is 144 cm³/mol. The Labute approximate surface area is 200 Å². The van der Waals surface area contributed by atoms with Crippen molar-refractivity contribution >= 4 is 29.4 Å². The van der Waals surface area contributed by atoms with E-state index in [-0.39, 0.29) is 0 Å². The van der Waals surface area contributed by atoms with Crippen LogP contribution in [0.4, 0.5) is 0 Å². The maximum absolute atomic E-state index is 4.71. The Morgan fingerprint density at radius 3 is 2.27 bits per heavy atom. The number of aryl methyl sites for hydroxylation is 1. The van der Waals surface area contributed by atoms with Crippen LogP contribution in [-0.2, 0) is 7.05 Å². The lowest BCUT2D eigenvalue weighted by atomic mass is 9.86. The van der Waals surface area contributed by atoms with E-state index in [9.17, 15) is 0 Å². The van der Waals surface area contributed by atoms with Gasteiger partial charge < -0.3 is 0 Å². The molecule has 0 atom stereocenters. The minimum atomic E-state index is -1.86. The van der Waals surface area contributed by atoms with Crippen molar-refractivity contribution in [1.82, 2.24) is 4.98 Å². The highest BCUT2D eigenvalue weighted by atomic mass is 28.3. The third-order valence-electron chi connectivity index (χ3n) is 7.18. The standard InChI is InChI=1S/C30H37N2Si/c1-20(2)24-18-27(21(3)4)22(5)28(19-24)30-26-13-12-25(17-23(26)14-16-32(30)6)33(7,8)29-11-9-10-15-31-29/h9-21H,1-8H3/q+1. The molecule has 0 saturated heterocycles. The number of aromatic nitrogens is 2. The summed E-state index contributed by atoms with van der Waals surface area (Å²) < 4.78 is 2.29. The fourth-order valence-corrected chi connectivity index (χ4v) is 7.14. The fourth-order valence-electron chi connectivity index (χ4n) is 4.92. The summed E-state index contributed by atoms with van der Waals surface area (Å²) in [6, 6.07) is 20.5. The van der Waals surface area contributed by atoms with Crippen molar-refractivity contribution in [3.63, 3.8) is 0 Å². The molecule has 0 amide bonds. The van der Waals surface area contributed by atoms with Crippen molar-refractivity contribution in [2.75, 3.05) is 0 Å². The van der Waals surface area contributed by atoms with Crippen LogP contribution >= 0.6 is 0 Å². The molecule has 4 aromatic rings. The lowest BCUT2D eigenvalue weighted by Gasteiger charge is -2.23. The van der Waals surface area contributed by atoms with Crippen molar-refractivity contribution in [3.8, 4) is 11.3 Å². The maximum Gasteiger partial charge on any atom is 0.220 e. The van der Waals surface area contributed by atoms with Gasteiger partial charge >= 0.3 is 0 Å². The first-order valence-electron chi connectivity index (χ1n) is 12.1. The van der Waals surface area contributed by atoms with E-state index in [1.54, 1.807) is 0 Å². The second-order valence-electron chi connectivity index (χ2n) is 10.5. The van der Waals surface area contributed by atoms with E-state index in [0.29, 0.717) is 11.8 Å². The lowest BCUT2D eigenvalue weighted by Crippen LogP contribution is -2.54. The number of fused-ring (bicyclic) bond motifs is 1. The molecule has 2 aromatic carbocycles. The van der Waals surface area contributed by atoms with E-state index < -0.39 is 8.07 Å². The van der Waals surface area contributed by atoms with E-state index in [2.05, 4.69) is 114 Å². The SMILES string of the molecule is Cc1c(-c2c3ccc([Si](C)(C)c4ccccn4)cc3cc[n+]2C)cc(C(C)C)cc1C(C)C. The molecule has 0 fully saturated rings. The van der Waals surface area contributed by atoms with Crippen LogP contribution in [0, 0.1) is 6.92 Å². The minimum absolute atomic E-state index is 0.499. The van der Waals surface area contributed by atoms with Crippen LogP contribution in [0.15, 0.2) is 67.0 Å². The molecule has 0 saturated carbocycles.